The first kappa shape index (κ1) is 18.5. The summed E-state index contributed by atoms with van der Waals surface area (Å²) in [7, 11) is 0. The number of anilines is 1. The normalized spacial score (nSPS) is 17.9. The first-order valence-corrected chi connectivity index (χ1v) is 9.20. The van der Waals surface area contributed by atoms with Gasteiger partial charge in [0.05, 0.1) is 16.6 Å². The number of carbonyl (C=O) groups excluding carboxylic acids is 1. The van der Waals surface area contributed by atoms with Gasteiger partial charge in [0.2, 0.25) is 5.91 Å². The van der Waals surface area contributed by atoms with Crippen molar-refractivity contribution in [1.82, 2.24) is 9.55 Å². The smallest absolute Gasteiger partial charge is 0.325 e. The second kappa shape index (κ2) is 6.65. The number of imidazole rings is 1. The molecule has 2 heterocycles. The number of carbonyl (C=O) groups is 1. The number of amides is 1. The number of halogens is 3. The van der Waals surface area contributed by atoms with Crippen LogP contribution in [0, 0.1) is 0 Å². The third kappa shape index (κ3) is 3.15. The van der Waals surface area contributed by atoms with Gasteiger partial charge in [0, 0.05) is 30.6 Å². The number of hydrogen-bond acceptors (Lipinski definition) is 2. The highest BCUT2D eigenvalue weighted by Gasteiger charge is 2.36. The number of rotatable bonds is 3. The largest absolute Gasteiger partial charge is 0.416 e. The Balaban J connectivity index is 1.70. The molecule has 146 valence electrons. The molecule has 0 spiro atoms. The van der Waals surface area contributed by atoms with Crippen molar-refractivity contribution in [2.45, 2.75) is 38.4 Å². The van der Waals surface area contributed by atoms with Crippen LogP contribution in [0.5, 0.6) is 0 Å². The number of alkyl halides is 3. The van der Waals surface area contributed by atoms with E-state index < -0.39 is 11.7 Å². The molecule has 0 bridgehead atoms. The molecule has 0 radical (unpaired) electrons. The summed E-state index contributed by atoms with van der Waals surface area (Å²) in [5.41, 5.74) is 1.37. The molecule has 4 rings (SSSR count). The molecule has 0 N–H and O–H groups in total. The molecular formula is C21H20F3N3O. The lowest BCUT2D eigenvalue weighted by Crippen LogP contribution is -2.25. The Labute approximate surface area is 160 Å². The van der Waals surface area contributed by atoms with Crippen LogP contribution in [0.4, 0.5) is 18.9 Å². The molecule has 1 aliphatic rings. The van der Waals surface area contributed by atoms with Gasteiger partial charge in [-0.3, -0.25) is 4.79 Å². The lowest BCUT2D eigenvalue weighted by atomic mass is 10.1. The summed E-state index contributed by atoms with van der Waals surface area (Å²) >= 11 is 0. The zero-order valence-electron chi connectivity index (χ0n) is 15.6. The van der Waals surface area contributed by atoms with E-state index in [4.69, 9.17) is 4.98 Å². The number of nitrogens with zero attached hydrogens (tertiary/aromatic N) is 3. The maximum atomic E-state index is 13.0. The third-order valence-electron chi connectivity index (χ3n) is 5.11. The van der Waals surface area contributed by atoms with Crippen LogP contribution in [0.15, 0.2) is 48.5 Å². The van der Waals surface area contributed by atoms with Gasteiger partial charge in [-0.15, -0.1) is 0 Å². The van der Waals surface area contributed by atoms with E-state index in [0.29, 0.717) is 6.54 Å². The average Bonchev–Trinajstić information content (AvgIpc) is 3.21. The summed E-state index contributed by atoms with van der Waals surface area (Å²) in [4.78, 5) is 18.8. The van der Waals surface area contributed by atoms with Crippen LogP contribution in [0.25, 0.3) is 11.0 Å². The van der Waals surface area contributed by atoms with Crippen molar-refractivity contribution in [3.05, 3.63) is 59.9 Å². The second-order valence-electron chi connectivity index (χ2n) is 7.38. The van der Waals surface area contributed by atoms with Crippen LogP contribution < -0.4 is 4.90 Å². The lowest BCUT2D eigenvalue weighted by molar-refractivity contribution is -0.137. The van der Waals surface area contributed by atoms with Gasteiger partial charge in [-0.05, 0) is 44.2 Å². The average molecular weight is 387 g/mol. The summed E-state index contributed by atoms with van der Waals surface area (Å²) in [5.74, 6) is 0.447. The van der Waals surface area contributed by atoms with Crippen LogP contribution in [0.3, 0.4) is 0 Å². The fourth-order valence-electron chi connectivity index (χ4n) is 3.87. The maximum Gasteiger partial charge on any atom is 0.416 e. The van der Waals surface area contributed by atoms with Crippen LogP contribution in [0.1, 0.15) is 43.6 Å². The first-order valence-electron chi connectivity index (χ1n) is 9.20. The van der Waals surface area contributed by atoms with E-state index in [2.05, 4.69) is 18.4 Å². The lowest BCUT2D eigenvalue weighted by Gasteiger charge is -2.19. The van der Waals surface area contributed by atoms with Crippen molar-refractivity contribution in [3.8, 4) is 0 Å². The van der Waals surface area contributed by atoms with Crippen molar-refractivity contribution >= 4 is 22.6 Å². The highest BCUT2D eigenvalue weighted by atomic mass is 19.4. The van der Waals surface area contributed by atoms with Gasteiger partial charge in [0.25, 0.3) is 0 Å². The number of para-hydroxylation sites is 2. The molecule has 1 atom stereocenters. The molecule has 1 aromatic heterocycles. The van der Waals surface area contributed by atoms with Gasteiger partial charge < -0.3 is 9.47 Å². The Hall–Kier alpha value is -2.83. The monoisotopic (exact) mass is 387 g/mol. The summed E-state index contributed by atoms with van der Waals surface area (Å²) in [6, 6.07) is 12.9. The Bertz CT molecular complexity index is 1040. The minimum atomic E-state index is -4.44. The Morgan fingerprint density at radius 2 is 1.86 bits per heavy atom. The minimum absolute atomic E-state index is 0.153. The highest BCUT2D eigenvalue weighted by molar-refractivity contribution is 5.96. The second-order valence-corrected chi connectivity index (χ2v) is 7.38. The van der Waals surface area contributed by atoms with Gasteiger partial charge in [-0.2, -0.15) is 13.2 Å². The van der Waals surface area contributed by atoms with E-state index in [1.807, 2.05) is 24.3 Å². The number of fused-ring (bicyclic) bond motifs is 1. The van der Waals surface area contributed by atoms with Gasteiger partial charge in [0.1, 0.15) is 5.82 Å². The molecule has 3 aromatic rings. The molecule has 0 unspecified atom stereocenters. The SMILES string of the molecule is CC(C)n1c([C@H]2CC(=O)N(c3cccc(C(F)(F)F)c3)C2)nc2ccccc21. The third-order valence-corrected chi connectivity index (χ3v) is 5.11. The van der Waals surface area contributed by atoms with Crippen molar-refractivity contribution < 1.29 is 18.0 Å². The molecule has 28 heavy (non-hydrogen) atoms. The highest BCUT2D eigenvalue weighted by Crippen LogP contribution is 2.37. The summed E-state index contributed by atoms with van der Waals surface area (Å²) in [5, 5.41) is 0. The summed E-state index contributed by atoms with van der Waals surface area (Å²) in [6.45, 7) is 4.42. The Morgan fingerprint density at radius 1 is 1.11 bits per heavy atom. The molecule has 0 aliphatic carbocycles. The predicted octanol–water partition coefficient (Wildman–Crippen LogP) is 5.16. The van der Waals surface area contributed by atoms with Gasteiger partial charge in [-0.25, -0.2) is 4.98 Å². The van der Waals surface area contributed by atoms with Crippen molar-refractivity contribution in [2.24, 2.45) is 0 Å². The summed E-state index contributed by atoms with van der Waals surface area (Å²) < 4.78 is 41.2. The van der Waals surface area contributed by atoms with E-state index in [1.165, 1.54) is 11.0 Å². The number of aromatic nitrogens is 2. The zero-order chi connectivity index (χ0) is 20.1. The predicted molar refractivity (Wildman–Crippen MR) is 101 cm³/mol. The van der Waals surface area contributed by atoms with Gasteiger partial charge in [-0.1, -0.05) is 18.2 Å². The minimum Gasteiger partial charge on any atom is -0.325 e. The Kier molecular flexibility index (Phi) is 4.40. The zero-order valence-corrected chi connectivity index (χ0v) is 15.6. The van der Waals surface area contributed by atoms with Gasteiger partial charge >= 0.3 is 6.18 Å². The molecule has 1 fully saturated rings. The van der Waals surface area contributed by atoms with E-state index in [0.717, 1.165) is 29.0 Å². The summed E-state index contributed by atoms with van der Waals surface area (Å²) in [6.07, 6.45) is -4.21. The van der Waals surface area contributed by atoms with Crippen LogP contribution >= 0.6 is 0 Å². The molecule has 1 amide bonds. The molecular weight excluding hydrogens is 367 g/mol. The van der Waals surface area contributed by atoms with Crippen molar-refractivity contribution in [1.29, 1.82) is 0 Å². The molecule has 0 saturated carbocycles. The fraction of sp³-hybridized carbons (Fsp3) is 0.333. The molecule has 7 heteroatoms. The first-order chi connectivity index (χ1) is 13.3. The van der Waals surface area contributed by atoms with Gasteiger partial charge in [0.15, 0.2) is 0 Å². The topological polar surface area (TPSA) is 38.1 Å². The van der Waals surface area contributed by atoms with Crippen LogP contribution in [-0.2, 0) is 11.0 Å². The fourth-order valence-corrected chi connectivity index (χ4v) is 3.87. The van der Waals surface area contributed by atoms with E-state index in [-0.39, 0.29) is 30.0 Å². The Morgan fingerprint density at radius 3 is 2.57 bits per heavy atom. The van der Waals surface area contributed by atoms with Crippen LogP contribution in [0.2, 0.25) is 0 Å². The standard InChI is InChI=1S/C21H20F3N3O/c1-13(2)27-18-9-4-3-8-17(18)25-20(27)14-10-19(28)26(12-14)16-7-5-6-15(11-16)21(22,23)24/h3-9,11,13-14H,10,12H2,1-2H3/t14-/m0/s1. The number of benzene rings is 2. The molecule has 1 saturated heterocycles. The number of hydrogen-bond donors (Lipinski definition) is 0. The molecule has 2 aromatic carbocycles. The van der Waals surface area contributed by atoms with Crippen molar-refractivity contribution in [3.63, 3.8) is 0 Å². The van der Waals surface area contributed by atoms with E-state index in [1.54, 1.807) is 6.07 Å². The van der Waals surface area contributed by atoms with Crippen LogP contribution in [-0.4, -0.2) is 22.0 Å². The molecule has 4 nitrogen and oxygen atoms in total. The van der Waals surface area contributed by atoms with E-state index >= 15 is 0 Å². The van der Waals surface area contributed by atoms with E-state index in [9.17, 15) is 18.0 Å². The quantitative estimate of drug-likeness (QED) is 0.623. The molecule has 1 aliphatic heterocycles. The maximum absolute atomic E-state index is 13.0. The van der Waals surface area contributed by atoms with Crippen molar-refractivity contribution in [2.75, 3.05) is 11.4 Å².